The van der Waals surface area contributed by atoms with E-state index in [0.29, 0.717) is 11.8 Å². The molecule has 0 saturated heterocycles. The second kappa shape index (κ2) is 8.02. The lowest BCUT2D eigenvalue weighted by molar-refractivity contribution is 0.216. The summed E-state index contributed by atoms with van der Waals surface area (Å²) in [6.07, 6.45) is 2.90. The van der Waals surface area contributed by atoms with E-state index in [2.05, 4.69) is 52.7 Å². The average Bonchev–Trinajstić information content (AvgIpc) is 2.24. The molecule has 0 N–H and O–H groups in total. The number of rotatable bonds is 6. The third-order valence-electron chi connectivity index (χ3n) is 3.60. The maximum absolute atomic E-state index is 6.28. The van der Waals surface area contributed by atoms with Crippen LogP contribution in [0.15, 0.2) is 17.0 Å². The molecule has 0 amide bonds. The summed E-state index contributed by atoms with van der Waals surface area (Å²) in [4.78, 5) is 4.64. The molecular weight excluding hydrogens is 278 g/mol. The normalized spacial score (nSPS) is 14.9. The molecule has 0 aromatic carbocycles. The lowest BCUT2D eigenvalue weighted by Gasteiger charge is -2.36. The minimum Gasteiger partial charge on any atom is -0.531 e. The summed E-state index contributed by atoms with van der Waals surface area (Å²) in [5.74, 6) is 1.97. The van der Waals surface area contributed by atoms with Crippen molar-refractivity contribution >= 4 is 14.2 Å². The summed E-state index contributed by atoms with van der Waals surface area (Å²) in [6, 6.07) is 0. The molecule has 0 heterocycles. The lowest BCUT2D eigenvalue weighted by Crippen LogP contribution is -2.40. The summed E-state index contributed by atoms with van der Waals surface area (Å²) in [5.41, 5.74) is 0. The van der Waals surface area contributed by atoms with Gasteiger partial charge in [0.25, 0.3) is 8.32 Å². The molecule has 0 aliphatic carbocycles. The van der Waals surface area contributed by atoms with Crippen molar-refractivity contribution in [3.05, 3.63) is 12.0 Å². The van der Waals surface area contributed by atoms with E-state index in [9.17, 15) is 0 Å². The highest BCUT2D eigenvalue weighted by Crippen LogP contribution is 2.38. The van der Waals surface area contributed by atoms with Gasteiger partial charge in [-0.2, -0.15) is 4.99 Å². The van der Waals surface area contributed by atoms with Gasteiger partial charge in [-0.05, 0) is 50.9 Å². The zero-order chi connectivity index (χ0) is 16.8. The molecule has 4 heteroatoms. The van der Waals surface area contributed by atoms with Crippen molar-refractivity contribution in [1.29, 1.82) is 0 Å². The molecule has 0 fully saturated rings. The average molecular weight is 314 g/mol. The van der Waals surface area contributed by atoms with Gasteiger partial charge >= 0.3 is 0 Å². The Kier molecular flexibility index (Phi) is 7.72. The van der Waals surface area contributed by atoms with Gasteiger partial charge in [0.05, 0.1) is 6.10 Å². The van der Waals surface area contributed by atoms with Gasteiger partial charge in [-0.15, -0.1) is 0 Å². The first-order chi connectivity index (χ1) is 9.39. The SMILES string of the molecule is C/C=C(\N=C(CC(C)C)OC(C)C)O[Si](C)(C)C(C)(C)C. The Morgan fingerprint density at radius 2 is 1.67 bits per heavy atom. The Morgan fingerprint density at radius 3 is 2.00 bits per heavy atom. The molecule has 0 aliphatic rings. The quantitative estimate of drug-likeness (QED) is 0.271. The molecule has 0 rings (SSSR count). The van der Waals surface area contributed by atoms with Gasteiger partial charge in [0.1, 0.15) is 0 Å². The predicted octanol–water partition coefficient (Wildman–Crippen LogP) is 5.74. The molecule has 0 aromatic heterocycles. The second-order valence-electron chi connectivity index (χ2n) is 7.76. The van der Waals surface area contributed by atoms with Crippen molar-refractivity contribution < 1.29 is 9.16 Å². The van der Waals surface area contributed by atoms with E-state index in [1.807, 2.05) is 26.8 Å². The highest BCUT2D eigenvalue weighted by atomic mass is 28.4. The summed E-state index contributed by atoms with van der Waals surface area (Å²) in [6.45, 7) is 21.5. The molecule has 0 spiro atoms. The number of ether oxygens (including phenoxy) is 1. The van der Waals surface area contributed by atoms with Crippen LogP contribution >= 0.6 is 0 Å². The summed E-state index contributed by atoms with van der Waals surface area (Å²) in [7, 11) is -1.87. The molecule has 0 saturated carbocycles. The lowest BCUT2D eigenvalue weighted by atomic mass is 10.1. The molecule has 124 valence electrons. The minimum absolute atomic E-state index is 0.133. The third-order valence-corrected chi connectivity index (χ3v) is 7.93. The summed E-state index contributed by atoms with van der Waals surface area (Å²) in [5, 5.41) is 0.161. The van der Waals surface area contributed by atoms with Crippen LogP contribution in [0.3, 0.4) is 0 Å². The Hall–Kier alpha value is -0.773. The summed E-state index contributed by atoms with van der Waals surface area (Å²) < 4.78 is 12.1. The largest absolute Gasteiger partial charge is 0.531 e. The van der Waals surface area contributed by atoms with E-state index in [-0.39, 0.29) is 11.1 Å². The molecular formula is C17H35NO2Si. The monoisotopic (exact) mass is 313 g/mol. The molecule has 0 aromatic rings. The number of hydrogen-bond donors (Lipinski definition) is 0. The van der Waals surface area contributed by atoms with Crippen molar-refractivity contribution in [3.8, 4) is 0 Å². The first-order valence-electron chi connectivity index (χ1n) is 7.98. The van der Waals surface area contributed by atoms with Crippen LogP contribution in [0.5, 0.6) is 0 Å². The standard InChI is InChI=1S/C17H35NO2Si/c1-11-15(20-21(9,10)17(6,7)8)18-16(12-13(2)3)19-14(4)5/h11,13-14H,12H2,1-10H3/b15-11+,18-16?. The molecule has 0 bridgehead atoms. The number of hydrogen-bond acceptors (Lipinski definition) is 3. The Morgan fingerprint density at radius 1 is 1.14 bits per heavy atom. The fourth-order valence-corrected chi connectivity index (χ4v) is 2.42. The fraction of sp³-hybridized carbons (Fsp3) is 0.824. The van der Waals surface area contributed by atoms with E-state index < -0.39 is 8.32 Å². The van der Waals surface area contributed by atoms with Crippen LogP contribution in [0.25, 0.3) is 0 Å². The second-order valence-corrected chi connectivity index (χ2v) is 12.5. The first-order valence-corrected chi connectivity index (χ1v) is 10.9. The van der Waals surface area contributed by atoms with Crippen molar-refractivity contribution in [2.24, 2.45) is 10.9 Å². The van der Waals surface area contributed by atoms with Crippen LogP contribution in [0, 0.1) is 5.92 Å². The molecule has 3 nitrogen and oxygen atoms in total. The van der Waals surface area contributed by atoms with Gasteiger partial charge in [0.15, 0.2) is 11.8 Å². The van der Waals surface area contributed by atoms with Crippen molar-refractivity contribution in [2.75, 3.05) is 0 Å². The molecule has 0 aliphatic heterocycles. The number of nitrogens with zero attached hydrogens (tertiary/aromatic N) is 1. The van der Waals surface area contributed by atoms with Crippen LogP contribution in [0.4, 0.5) is 0 Å². The number of aliphatic imine (C=N–C) groups is 1. The maximum atomic E-state index is 6.28. The predicted molar refractivity (Wildman–Crippen MR) is 95.2 cm³/mol. The van der Waals surface area contributed by atoms with Crippen molar-refractivity contribution in [3.63, 3.8) is 0 Å². The zero-order valence-corrected chi connectivity index (χ0v) is 16.7. The van der Waals surface area contributed by atoms with Crippen LogP contribution in [-0.4, -0.2) is 20.3 Å². The summed E-state index contributed by atoms with van der Waals surface area (Å²) >= 11 is 0. The van der Waals surface area contributed by atoms with E-state index in [0.717, 1.165) is 12.3 Å². The van der Waals surface area contributed by atoms with Gasteiger partial charge in [0, 0.05) is 6.42 Å². The molecule has 0 unspecified atom stereocenters. The molecule has 21 heavy (non-hydrogen) atoms. The molecule has 0 atom stereocenters. The fourth-order valence-electron chi connectivity index (χ4n) is 1.43. The first kappa shape index (κ1) is 20.2. The highest BCUT2D eigenvalue weighted by molar-refractivity contribution is 6.74. The number of allylic oxidation sites excluding steroid dienone is 1. The van der Waals surface area contributed by atoms with Crippen molar-refractivity contribution in [2.45, 2.75) is 86.0 Å². The van der Waals surface area contributed by atoms with Gasteiger partial charge in [-0.1, -0.05) is 34.6 Å². The Balaban J connectivity index is 5.20. The minimum atomic E-state index is -1.87. The van der Waals surface area contributed by atoms with Crippen LogP contribution in [0.2, 0.25) is 18.1 Å². The van der Waals surface area contributed by atoms with E-state index in [1.54, 1.807) is 0 Å². The third kappa shape index (κ3) is 7.70. The van der Waals surface area contributed by atoms with Gasteiger partial charge < -0.3 is 9.16 Å². The van der Waals surface area contributed by atoms with E-state index in [1.165, 1.54) is 0 Å². The topological polar surface area (TPSA) is 30.8 Å². The molecule has 0 radical (unpaired) electrons. The maximum Gasteiger partial charge on any atom is 0.252 e. The van der Waals surface area contributed by atoms with Crippen LogP contribution in [-0.2, 0) is 9.16 Å². The highest BCUT2D eigenvalue weighted by Gasteiger charge is 2.39. The van der Waals surface area contributed by atoms with Gasteiger partial charge in [-0.3, -0.25) is 0 Å². The van der Waals surface area contributed by atoms with Crippen LogP contribution < -0.4 is 0 Å². The smallest absolute Gasteiger partial charge is 0.252 e. The van der Waals surface area contributed by atoms with E-state index in [4.69, 9.17) is 9.16 Å². The zero-order valence-electron chi connectivity index (χ0n) is 15.7. The Labute approximate surface area is 133 Å². The van der Waals surface area contributed by atoms with Gasteiger partial charge in [-0.25, -0.2) is 0 Å². The van der Waals surface area contributed by atoms with E-state index >= 15 is 0 Å². The van der Waals surface area contributed by atoms with Gasteiger partial charge in [0.2, 0.25) is 0 Å². The Bertz CT molecular complexity index is 365. The van der Waals surface area contributed by atoms with Crippen LogP contribution in [0.1, 0.15) is 61.8 Å². The van der Waals surface area contributed by atoms with Crippen molar-refractivity contribution in [1.82, 2.24) is 0 Å².